The summed E-state index contributed by atoms with van der Waals surface area (Å²) in [7, 11) is -2.33. The van der Waals surface area contributed by atoms with E-state index in [4.69, 9.17) is 16.3 Å². The van der Waals surface area contributed by atoms with Gasteiger partial charge in [-0.15, -0.1) is 0 Å². The van der Waals surface area contributed by atoms with Crippen molar-refractivity contribution in [1.29, 1.82) is 0 Å². The summed E-state index contributed by atoms with van der Waals surface area (Å²) in [6, 6.07) is 12.2. The summed E-state index contributed by atoms with van der Waals surface area (Å²) in [5, 5.41) is 3.32. The van der Waals surface area contributed by atoms with Crippen LogP contribution in [-0.4, -0.2) is 38.8 Å². The number of nitrogens with zero attached hydrogens (tertiary/aromatic N) is 1. The molecule has 1 N–H and O–H groups in total. The molecule has 1 saturated heterocycles. The Bertz CT molecular complexity index is 986. The van der Waals surface area contributed by atoms with Crippen LogP contribution in [0, 0.1) is 5.92 Å². The number of carbonyl (C=O) groups is 1. The number of aryl methyl sites for hydroxylation is 1. The van der Waals surface area contributed by atoms with Gasteiger partial charge in [-0.05, 0) is 49.1 Å². The molecule has 0 atom stereocenters. The Morgan fingerprint density at radius 2 is 1.90 bits per heavy atom. The fourth-order valence-electron chi connectivity index (χ4n) is 3.53. The van der Waals surface area contributed by atoms with Crippen LogP contribution in [0.1, 0.15) is 25.3 Å². The maximum absolute atomic E-state index is 13.1. The Kier molecular flexibility index (Phi) is 6.82. The minimum absolute atomic E-state index is 0.0484. The zero-order valence-corrected chi connectivity index (χ0v) is 18.1. The van der Waals surface area contributed by atoms with Crippen molar-refractivity contribution in [3.8, 4) is 5.75 Å². The van der Waals surface area contributed by atoms with E-state index in [0.717, 1.165) is 17.7 Å². The third-order valence-electron chi connectivity index (χ3n) is 5.22. The van der Waals surface area contributed by atoms with Crippen molar-refractivity contribution in [3.63, 3.8) is 0 Å². The summed E-state index contributed by atoms with van der Waals surface area (Å²) in [6.45, 7) is 2.58. The molecular weight excluding hydrogens is 412 g/mol. The van der Waals surface area contributed by atoms with Crippen molar-refractivity contribution in [2.24, 2.45) is 5.92 Å². The molecule has 1 aliphatic heterocycles. The van der Waals surface area contributed by atoms with E-state index in [9.17, 15) is 13.2 Å². The van der Waals surface area contributed by atoms with Crippen molar-refractivity contribution in [2.45, 2.75) is 31.1 Å². The van der Waals surface area contributed by atoms with Gasteiger partial charge in [-0.1, -0.05) is 36.7 Å². The van der Waals surface area contributed by atoms with E-state index in [0.29, 0.717) is 17.9 Å². The molecule has 0 aliphatic carbocycles. The number of amides is 1. The summed E-state index contributed by atoms with van der Waals surface area (Å²) < 4.78 is 32.7. The average molecular weight is 437 g/mol. The number of anilines is 1. The van der Waals surface area contributed by atoms with Gasteiger partial charge in [-0.3, -0.25) is 4.79 Å². The molecule has 1 heterocycles. The standard InChI is InChI=1S/C21H25ClN2O4S/c1-3-15-6-4-5-7-18(15)23-21(25)16-10-12-24(13-11-16)29(26,27)20-14-17(22)8-9-19(20)28-2/h4-9,14,16H,3,10-13H2,1-2H3,(H,23,25). The van der Waals surface area contributed by atoms with Crippen molar-refractivity contribution in [1.82, 2.24) is 4.31 Å². The predicted octanol–water partition coefficient (Wildman–Crippen LogP) is 3.95. The highest BCUT2D eigenvalue weighted by Crippen LogP contribution is 2.32. The van der Waals surface area contributed by atoms with Crippen LogP contribution in [0.3, 0.4) is 0 Å². The van der Waals surface area contributed by atoms with Crippen LogP contribution in [0.2, 0.25) is 5.02 Å². The van der Waals surface area contributed by atoms with Crippen LogP contribution in [-0.2, 0) is 21.2 Å². The molecule has 0 aromatic heterocycles. The molecule has 0 bridgehead atoms. The quantitative estimate of drug-likeness (QED) is 0.743. The molecule has 2 aromatic rings. The fourth-order valence-corrected chi connectivity index (χ4v) is 5.42. The molecule has 29 heavy (non-hydrogen) atoms. The molecule has 0 unspecified atom stereocenters. The zero-order valence-electron chi connectivity index (χ0n) is 16.5. The van der Waals surface area contributed by atoms with Crippen LogP contribution < -0.4 is 10.1 Å². The molecule has 0 spiro atoms. The lowest BCUT2D eigenvalue weighted by Crippen LogP contribution is -2.41. The van der Waals surface area contributed by atoms with Gasteiger partial charge in [0, 0.05) is 29.7 Å². The number of sulfonamides is 1. The number of ether oxygens (including phenoxy) is 1. The van der Waals surface area contributed by atoms with Gasteiger partial charge in [0.2, 0.25) is 15.9 Å². The summed E-state index contributed by atoms with van der Waals surface area (Å²) in [6.07, 6.45) is 1.75. The van der Waals surface area contributed by atoms with Gasteiger partial charge in [0.15, 0.2) is 0 Å². The number of benzene rings is 2. The van der Waals surface area contributed by atoms with E-state index in [2.05, 4.69) is 5.32 Å². The highest BCUT2D eigenvalue weighted by Gasteiger charge is 2.34. The lowest BCUT2D eigenvalue weighted by atomic mass is 9.97. The highest BCUT2D eigenvalue weighted by molar-refractivity contribution is 7.89. The minimum Gasteiger partial charge on any atom is -0.495 e. The molecule has 1 aliphatic rings. The molecule has 8 heteroatoms. The lowest BCUT2D eigenvalue weighted by molar-refractivity contribution is -0.120. The Morgan fingerprint density at radius 3 is 2.55 bits per heavy atom. The summed E-state index contributed by atoms with van der Waals surface area (Å²) >= 11 is 5.99. The van der Waals surface area contributed by atoms with Gasteiger partial charge < -0.3 is 10.1 Å². The molecular formula is C21H25ClN2O4S. The van der Waals surface area contributed by atoms with Gasteiger partial charge in [0.05, 0.1) is 7.11 Å². The summed E-state index contributed by atoms with van der Waals surface area (Å²) in [4.78, 5) is 12.7. The second-order valence-corrected chi connectivity index (χ2v) is 9.32. The Hall–Kier alpha value is -2.09. The first kappa shape index (κ1) is 21.6. The smallest absolute Gasteiger partial charge is 0.246 e. The Morgan fingerprint density at radius 1 is 1.21 bits per heavy atom. The molecule has 1 amide bonds. The lowest BCUT2D eigenvalue weighted by Gasteiger charge is -2.31. The monoisotopic (exact) mass is 436 g/mol. The molecule has 1 fully saturated rings. The predicted molar refractivity (Wildman–Crippen MR) is 114 cm³/mol. The highest BCUT2D eigenvalue weighted by atomic mass is 35.5. The van der Waals surface area contributed by atoms with Crippen molar-refractivity contribution in [2.75, 3.05) is 25.5 Å². The number of methoxy groups -OCH3 is 1. The summed E-state index contributed by atoms with van der Waals surface area (Å²) in [5.74, 6) is -0.0404. The van der Waals surface area contributed by atoms with Crippen LogP contribution in [0.15, 0.2) is 47.4 Å². The van der Waals surface area contributed by atoms with Crippen molar-refractivity contribution < 1.29 is 17.9 Å². The number of carbonyl (C=O) groups excluding carboxylic acids is 1. The van der Waals surface area contributed by atoms with E-state index in [1.165, 1.54) is 17.5 Å². The van der Waals surface area contributed by atoms with Crippen molar-refractivity contribution in [3.05, 3.63) is 53.1 Å². The third-order valence-corrected chi connectivity index (χ3v) is 7.38. The SMILES string of the molecule is CCc1ccccc1NC(=O)C1CCN(S(=O)(=O)c2cc(Cl)ccc2OC)CC1. The number of halogens is 1. The Labute approximate surface area is 176 Å². The molecule has 2 aromatic carbocycles. The number of hydrogen-bond donors (Lipinski definition) is 1. The normalized spacial score (nSPS) is 15.8. The van der Waals surface area contributed by atoms with Gasteiger partial charge in [-0.2, -0.15) is 4.31 Å². The first-order valence-electron chi connectivity index (χ1n) is 9.59. The first-order valence-corrected chi connectivity index (χ1v) is 11.4. The van der Waals surface area contributed by atoms with E-state index >= 15 is 0 Å². The maximum atomic E-state index is 13.1. The van der Waals surface area contributed by atoms with Gasteiger partial charge in [0.1, 0.15) is 10.6 Å². The molecule has 3 rings (SSSR count). The molecule has 156 valence electrons. The van der Waals surface area contributed by atoms with E-state index in [-0.39, 0.29) is 35.6 Å². The van der Waals surface area contributed by atoms with Gasteiger partial charge >= 0.3 is 0 Å². The van der Waals surface area contributed by atoms with Crippen LogP contribution in [0.4, 0.5) is 5.69 Å². The summed E-state index contributed by atoms with van der Waals surface area (Å²) in [5.41, 5.74) is 1.90. The van der Waals surface area contributed by atoms with E-state index in [1.807, 2.05) is 31.2 Å². The average Bonchev–Trinajstić information content (AvgIpc) is 2.74. The topological polar surface area (TPSA) is 75.7 Å². The van der Waals surface area contributed by atoms with Crippen LogP contribution in [0.5, 0.6) is 5.75 Å². The number of nitrogens with one attached hydrogen (secondary N) is 1. The number of rotatable bonds is 6. The molecule has 0 saturated carbocycles. The molecule has 6 nitrogen and oxygen atoms in total. The number of hydrogen-bond acceptors (Lipinski definition) is 4. The number of piperidine rings is 1. The second-order valence-electron chi connectivity index (χ2n) is 6.97. The van der Waals surface area contributed by atoms with Gasteiger partial charge in [-0.25, -0.2) is 8.42 Å². The van der Waals surface area contributed by atoms with Crippen molar-refractivity contribution >= 4 is 33.2 Å². The number of para-hydroxylation sites is 1. The fraction of sp³-hybridized carbons (Fsp3) is 0.381. The zero-order chi connectivity index (χ0) is 21.0. The van der Waals surface area contributed by atoms with Crippen LogP contribution >= 0.6 is 11.6 Å². The molecule has 0 radical (unpaired) electrons. The second kappa shape index (κ2) is 9.15. The van der Waals surface area contributed by atoms with E-state index in [1.54, 1.807) is 12.1 Å². The van der Waals surface area contributed by atoms with E-state index < -0.39 is 10.0 Å². The first-order chi connectivity index (χ1) is 13.9. The maximum Gasteiger partial charge on any atom is 0.246 e. The Balaban J connectivity index is 1.68. The third kappa shape index (κ3) is 4.74. The largest absolute Gasteiger partial charge is 0.495 e. The minimum atomic E-state index is -3.75. The van der Waals surface area contributed by atoms with Crippen LogP contribution in [0.25, 0.3) is 0 Å². The van der Waals surface area contributed by atoms with Gasteiger partial charge in [0.25, 0.3) is 0 Å².